The number of anilines is 1. The maximum Gasteiger partial charge on any atom is 0.346 e. The molecule has 0 aliphatic carbocycles. The highest BCUT2D eigenvalue weighted by Gasteiger charge is 2.40. The zero-order chi connectivity index (χ0) is 23.3. The minimum Gasteiger partial charge on any atom is -0.477 e. The van der Waals surface area contributed by atoms with Crippen LogP contribution in [-0.2, 0) is 25.8 Å². The van der Waals surface area contributed by atoms with E-state index in [1.54, 1.807) is 44.2 Å². The highest BCUT2D eigenvalue weighted by Crippen LogP contribution is 2.37. The van der Waals surface area contributed by atoms with Gasteiger partial charge in [0.05, 0.1) is 27.3 Å². The van der Waals surface area contributed by atoms with Crippen molar-refractivity contribution >= 4 is 44.6 Å². The second kappa shape index (κ2) is 7.68. The van der Waals surface area contributed by atoms with Crippen LogP contribution < -0.4 is 4.90 Å². The van der Waals surface area contributed by atoms with Crippen molar-refractivity contribution in [2.24, 2.45) is 0 Å². The van der Waals surface area contributed by atoms with Gasteiger partial charge in [0.15, 0.2) is 9.84 Å². The number of rotatable bonds is 5. The smallest absolute Gasteiger partial charge is 0.346 e. The zero-order valence-electron chi connectivity index (χ0n) is 17.2. The van der Waals surface area contributed by atoms with Gasteiger partial charge >= 0.3 is 5.97 Å². The van der Waals surface area contributed by atoms with Gasteiger partial charge in [-0.2, -0.15) is 0 Å². The van der Waals surface area contributed by atoms with E-state index in [1.165, 1.54) is 29.6 Å². The average molecular weight is 470 g/mol. The number of thiophene rings is 1. The van der Waals surface area contributed by atoms with E-state index >= 15 is 0 Å². The lowest BCUT2D eigenvalue weighted by Crippen LogP contribution is -2.42. The lowest BCUT2D eigenvalue weighted by atomic mass is 10.0. The molecule has 4 rings (SSSR count). The Labute approximate surface area is 188 Å². The number of fused-ring (bicyclic) bond motifs is 1. The maximum atomic E-state index is 13.5. The van der Waals surface area contributed by atoms with Crippen molar-refractivity contribution in [1.29, 1.82) is 0 Å². The van der Waals surface area contributed by atoms with Crippen molar-refractivity contribution in [3.8, 4) is 0 Å². The summed E-state index contributed by atoms with van der Waals surface area (Å²) < 4.78 is 25.7. The summed E-state index contributed by atoms with van der Waals surface area (Å²) in [6.07, 6.45) is -0.142. The van der Waals surface area contributed by atoms with Gasteiger partial charge < -0.3 is 5.11 Å². The first-order chi connectivity index (χ1) is 15.1. The highest BCUT2D eigenvalue weighted by atomic mass is 32.2. The first kappa shape index (κ1) is 21.9. The van der Waals surface area contributed by atoms with Gasteiger partial charge in [0.2, 0.25) is 5.91 Å². The van der Waals surface area contributed by atoms with Gasteiger partial charge in [-0.05, 0) is 48.6 Å². The molecule has 1 aliphatic rings. The molecule has 1 aromatic heterocycles. The van der Waals surface area contributed by atoms with Crippen LogP contribution in [0.4, 0.5) is 5.69 Å². The van der Waals surface area contributed by atoms with Crippen molar-refractivity contribution in [2.75, 3.05) is 4.90 Å². The van der Waals surface area contributed by atoms with Crippen molar-refractivity contribution in [3.63, 3.8) is 0 Å². The molecule has 7 nitrogen and oxygen atoms in total. The van der Waals surface area contributed by atoms with Gasteiger partial charge in [0, 0.05) is 0 Å². The molecule has 1 N–H and O–H groups in total. The van der Waals surface area contributed by atoms with E-state index in [0.29, 0.717) is 11.1 Å². The molecule has 0 unspecified atom stereocenters. The number of carbonyl (C=O) groups is 3. The number of carboxylic acids is 1. The Kier molecular flexibility index (Phi) is 5.26. The number of hydrogen-bond acceptors (Lipinski definition) is 6. The number of carbonyl (C=O) groups excluding carboxylic acids is 2. The third-order valence-corrected chi connectivity index (χ3v) is 9.07. The fourth-order valence-corrected chi connectivity index (χ4v) is 6.19. The van der Waals surface area contributed by atoms with Gasteiger partial charge in [0.1, 0.15) is 4.88 Å². The van der Waals surface area contributed by atoms with E-state index in [4.69, 9.17) is 0 Å². The largest absolute Gasteiger partial charge is 0.477 e. The van der Waals surface area contributed by atoms with E-state index in [2.05, 4.69) is 0 Å². The molecule has 0 fully saturated rings. The van der Waals surface area contributed by atoms with E-state index < -0.39 is 32.4 Å². The molecule has 0 atom stereocenters. The summed E-state index contributed by atoms with van der Waals surface area (Å²) >= 11 is 0.890. The van der Waals surface area contributed by atoms with Crippen LogP contribution in [0.15, 0.2) is 64.9 Å². The second-order valence-electron chi connectivity index (χ2n) is 7.86. The van der Waals surface area contributed by atoms with Crippen LogP contribution in [0.5, 0.6) is 0 Å². The monoisotopic (exact) mass is 469 g/mol. The molecule has 2 heterocycles. The fraction of sp³-hybridized carbons (Fsp3) is 0.174. The molecule has 2 aromatic carbocycles. The minimum atomic E-state index is -3.90. The lowest BCUT2D eigenvalue weighted by Gasteiger charge is -2.28. The van der Waals surface area contributed by atoms with E-state index in [1.807, 2.05) is 0 Å². The van der Waals surface area contributed by atoms with Crippen LogP contribution >= 0.6 is 11.3 Å². The third kappa shape index (κ3) is 3.34. The van der Waals surface area contributed by atoms with E-state index in [-0.39, 0.29) is 27.4 Å². The molecule has 1 aliphatic heterocycles. The normalized spacial score (nSPS) is 14.4. The van der Waals surface area contributed by atoms with Crippen LogP contribution in [-0.4, -0.2) is 31.3 Å². The van der Waals surface area contributed by atoms with Crippen molar-refractivity contribution in [1.82, 2.24) is 0 Å². The molecule has 0 saturated carbocycles. The van der Waals surface area contributed by atoms with Crippen LogP contribution in [0.1, 0.15) is 45.0 Å². The Hall–Kier alpha value is -3.30. The van der Waals surface area contributed by atoms with Crippen LogP contribution in [0.25, 0.3) is 0 Å². The SMILES string of the molecule is CC(C)(c1ccccc1)S(=O)(=O)c1cccc(N2C(=O)Cc3csc(C(=O)O)c3C2=O)c1. The molecule has 0 bridgehead atoms. The van der Waals surface area contributed by atoms with Gasteiger partial charge in [-0.3, -0.25) is 9.59 Å². The number of carboxylic acid groups (broad SMARTS) is 1. The molecular weight excluding hydrogens is 450 g/mol. The third-order valence-electron chi connectivity index (χ3n) is 5.60. The Balaban J connectivity index is 1.78. The van der Waals surface area contributed by atoms with Crippen molar-refractivity contribution < 1.29 is 27.9 Å². The summed E-state index contributed by atoms with van der Waals surface area (Å²) in [5.41, 5.74) is 1.02. The zero-order valence-corrected chi connectivity index (χ0v) is 18.9. The number of benzene rings is 2. The summed E-state index contributed by atoms with van der Waals surface area (Å²) in [6.45, 7) is 3.19. The molecular formula is C23H19NO6S2. The number of nitrogens with zero attached hydrogens (tertiary/aromatic N) is 1. The second-order valence-corrected chi connectivity index (χ2v) is 11.2. The minimum absolute atomic E-state index is 0.0278. The van der Waals surface area contributed by atoms with Gasteiger partial charge in [-0.25, -0.2) is 18.1 Å². The summed E-state index contributed by atoms with van der Waals surface area (Å²) in [5, 5.41) is 10.9. The van der Waals surface area contributed by atoms with Gasteiger partial charge in [0.25, 0.3) is 5.91 Å². The predicted octanol–water partition coefficient (Wildman–Crippen LogP) is 3.88. The molecule has 3 aromatic rings. The Bertz CT molecular complexity index is 1360. The lowest BCUT2D eigenvalue weighted by molar-refractivity contribution is -0.117. The van der Waals surface area contributed by atoms with Crippen molar-refractivity contribution in [3.05, 3.63) is 81.5 Å². The van der Waals surface area contributed by atoms with Gasteiger partial charge in [-0.1, -0.05) is 36.4 Å². The summed E-state index contributed by atoms with van der Waals surface area (Å²) in [5.74, 6) is -2.57. The van der Waals surface area contributed by atoms with Crippen LogP contribution in [0.3, 0.4) is 0 Å². The summed E-state index contributed by atoms with van der Waals surface area (Å²) in [4.78, 5) is 38.0. The predicted molar refractivity (Wildman–Crippen MR) is 120 cm³/mol. The number of hydrogen-bond donors (Lipinski definition) is 1. The molecule has 9 heteroatoms. The number of sulfone groups is 1. The number of amides is 2. The maximum absolute atomic E-state index is 13.5. The quantitative estimate of drug-likeness (QED) is 0.568. The Morgan fingerprint density at radius 2 is 1.75 bits per heavy atom. The Morgan fingerprint density at radius 3 is 2.41 bits per heavy atom. The molecule has 0 radical (unpaired) electrons. The van der Waals surface area contributed by atoms with Crippen LogP contribution in [0.2, 0.25) is 0 Å². The van der Waals surface area contributed by atoms with E-state index in [9.17, 15) is 27.9 Å². The number of imide groups is 1. The standard InChI is InChI=1S/C23H19NO6S2/c1-23(2,15-7-4-3-5-8-15)32(29,30)17-10-6-9-16(12-17)24-18(25)11-14-13-31-20(22(27)28)19(14)21(24)26/h3-10,12-13H,11H2,1-2H3,(H,27,28). The van der Waals surface area contributed by atoms with Gasteiger partial charge in [-0.15, -0.1) is 11.3 Å². The molecule has 2 amide bonds. The molecule has 0 spiro atoms. The highest BCUT2D eigenvalue weighted by molar-refractivity contribution is 7.92. The first-order valence-corrected chi connectivity index (χ1v) is 12.0. The number of aromatic carboxylic acids is 1. The summed E-state index contributed by atoms with van der Waals surface area (Å²) in [6, 6.07) is 14.4. The fourth-order valence-electron chi connectivity index (χ4n) is 3.72. The molecule has 0 saturated heterocycles. The topological polar surface area (TPSA) is 109 Å². The van der Waals surface area contributed by atoms with Crippen molar-refractivity contribution in [2.45, 2.75) is 29.9 Å². The molecule has 164 valence electrons. The van der Waals surface area contributed by atoms with Crippen LogP contribution in [0, 0.1) is 0 Å². The Morgan fingerprint density at radius 1 is 1.06 bits per heavy atom. The average Bonchev–Trinajstić information content (AvgIpc) is 3.19. The molecule has 32 heavy (non-hydrogen) atoms. The first-order valence-electron chi connectivity index (χ1n) is 9.67. The summed E-state index contributed by atoms with van der Waals surface area (Å²) in [7, 11) is -3.90. The van der Waals surface area contributed by atoms with E-state index in [0.717, 1.165) is 16.2 Å².